The number of ether oxygens (including phenoxy) is 1. The van der Waals surface area contributed by atoms with Crippen LogP contribution in [0.15, 0.2) is 34.0 Å². The third-order valence-electron chi connectivity index (χ3n) is 4.38. The predicted molar refractivity (Wildman–Crippen MR) is 93.9 cm³/mol. The molecular weight excluding hydrogens is 322 g/mol. The van der Waals surface area contributed by atoms with Crippen LogP contribution < -0.4 is 16.0 Å². The lowest BCUT2D eigenvalue weighted by Crippen LogP contribution is -2.28. The first kappa shape index (κ1) is 15.3. The van der Waals surface area contributed by atoms with E-state index in [0.717, 1.165) is 16.9 Å². The van der Waals surface area contributed by atoms with Crippen LogP contribution in [0.25, 0.3) is 22.6 Å². The zero-order valence-electron chi connectivity index (χ0n) is 14.3. The monoisotopic (exact) mass is 339 g/mol. The molecule has 0 aliphatic rings. The van der Waals surface area contributed by atoms with Crippen molar-refractivity contribution in [3.8, 4) is 11.4 Å². The van der Waals surface area contributed by atoms with Crippen LogP contribution >= 0.6 is 0 Å². The third kappa shape index (κ3) is 2.03. The lowest BCUT2D eigenvalue weighted by molar-refractivity contribution is 0.413. The maximum Gasteiger partial charge on any atom is 0.329 e. The summed E-state index contributed by atoms with van der Waals surface area (Å²) in [7, 11) is 3.19. The summed E-state index contributed by atoms with van der Waals surface area (Å²) in [5.41, 5.74) is 2.51. The number of imidazole rings is 2. The molecule has 4 rings (SSSR count). The summed E-state index contributed by atoms with van der Waals surface area (Å²) in [5, 5.41) is 0. The number of H-pyrrole nitrogens is 1. The molecule has 0 spiro atoms. The molecule has 0 aliphatic heterocycles. The number of aryl methyl sites for hydroxylation is 3. The number of nitrogens with one attached hydrogen (secondary N) is 1. The fourth-order valence-electron chi connectivity index (χ4n) is 3.15. The van der Waals surface area contributed by atoms with E-state index in [1.165, 1.54) is 4.57 Å². The largest absolute Gasteiger partial charge is 0.495 e. The van der Waals surface area contributed by atoms with Gasteiger partial charge in [0.1, 0.15) is 5.75 Å². The molecule has 3 aromatic heterocycles. The molecule has 0 atom stereocenters. The summed E-state index contributed by atoms with van der Waals surface area (Å²) in [6.07, 6.45) is 1.83. The Morgan fingerprint density at radius 3 is 2.68 bits per heavy atom. The Morgan fingerprint density at radius 2 is 1.96 bits per heavy atom. The number of aromatic amines is 1. The second-order valence-corrected chi connectivity index (χ2v) is 6.05. The van der Waals surface area contributed by atoms with Gasteiger partial charge < -0.3 is 4.74 Å². The molecule has 3 heterocycles. The molecule has 0 radical (unpaired) electrons. The average molecular weight is 339 g/mol. The highest BCUT2D eigenvalue weighted by molar-refractivity contribution is 5.76. The maximum atomic E-state index is 12.3. The van der Waals surface area contributed by atoms with Crippen molar-refractivity contribution in [3.05, 3.63) is 56.5 Å². The first-order chi connectivity index (χ1) is 11.9. The van der Waals surface area contributed by atoms with Gasteiger partial charge in [0.25, 0.3) is 5.56 Å². The fraction of sp³-hybridized carbons (Fsp3) is 0.235. The summed E-state index contributed by atoms with van der Waals surface area (Å²) in [5.74, 6) is 1.24. The van der Waals surface area contributed by atoms with Crippen LogP contribution in [0, 0.1) is 13.8 Å². The van der Waals surface area contributed by atoms with Crippen molar-refractivity contribution in [3.63, 3.8) is 0 Å². The van der Waals surface area contributed by atoms with Crippen LogP contribution in [0.1, 0.15) is 11.3 Å². The molecule has 8 nitrogen and oxygen atoms in total. The van der Waals surface area contributed by atoms with Gasteiger partial charge >= 0.3 is 5.69 Å². The normalized spacial score (nSPS) is 11.5. The van der Waals surface area contributed by atoms with Gasteiger partial charge in [-0.25, -0.2) is 4.79 Å². The highest BCUT2D eigenvalue weighted by Gasteiger charge is 2.19. The van der Waals surface area contributed by atoms with E-state index in [4.69, 9.17) is 4.74 Å². The Hall–Kier alpha value is -3.29. The summed E-state index contributed by atoms with van der Waals surface area (Å²) < 4.78 is 10.4. The lowest BCUT2D eigenvalue weighted by atomic mass is 10.2. The van der Waals surface area contributed by atoms with Gasteiger partial charge in [-0.2, -0.15) is 4.98 Å². The smallest absolute Gasteiger partial charge is 0.329 e. The third-order valence-corrected chi connectivity index (χ3v) is 4.38. The number of fused-ring (bicyclic) bond motifs is 3. The molecule has 0 fully saturated rings. The van der Waals surface area contributed by atoms with Crippen molar-refractivity contribution >= 4 is 16.9 Å². The van der Waals surface area contributed by atoms with Crippen molar-refractivity contribution in [1.82, 2.24) is 23.5 Å². The zero-order chi connectivity index (χ0) is 17.9. The SMILES string of the molecule is COc1ccc(C)cc1-n1c(C)cn2c3c(=O)[nH]c(=O)n(C)c3nc12. The van der Waals surface area contributed by atoms with Crippen LogP contribution in [-0.4, -0.2) is 30.6 Å². The number of nitrogens with zero attached hydrogens (tertiary/aromatic N) is 4. The molecule has 1 N–H and O–H groups in total. The van der Waals surface area contributed by atoms with Crippen molar-refractivity contribution < 1.29 is 4.74 Å². The van der Waals surface area contributed by atoms with E-state index in [-0.39, 0.29) is 0 Å². The topological polar surface area (TPSA) is 86.3 Å². The highest BCUT2D eigenvalue weighted by atomic mass is 16.5. The van der Waals surface area contributed by atoms with Crippen molar-refractivity contribution in [1.29, 1.82) is 0 Å². The first-order valence-electron chi connectivity index (χ1n) is 7.77. The van der Waals surface area contributed by atoms with Crippen LogP contribution in [0.5, 0.6) is 5.75 Å². The molecule has 0 saturated carbocycles. The Bertz CT molecular complexity index is 1260. The van der Waals surface area contributed by atoms with Gasteiger partial charge in [0.2, 0.25) is 5.78 Å². The molecule has 4 aromatic rings. The van der Waals surface area contributed by atoms with Gasteiger partial charge in [0, 0.05) is 18.9 Å². The van der Waals surface area contributed by atoms with Gasteiger partial charge in [0.15, 0.2) is 11.2 Å². The second kappa shape index (κ2) is 5.10. The number of hydrogen-bond acceptors (Lipinski definition) is 4. The summed E-state index contributed by atoms with van der Waals surface area (Å²) in [6.45, 7) is 3.92. The van der Waals surface area contributed by atoms with Crippen LogP contribution in [-0.2, 0) is 7.05 Å². The van der Waals surface area contributed by atoms with Crippen LogP contribution in [0.2, 0.25) is 0 Å². The second-order valence-electron chi connectivity index (χ2n) is 6.05. The number of rotatable bonds is 2. The van der Waals surface area contributed by atoms with E-state index in [1.807, 2.05) is 42.8 Å². The Balaban J connectivity index is 2.19. The first-order valence-corrected chi connectivity index (χ1v) is 7.77. The van der Waals surface area contributed by atoms with Gasteiger partial charge in [0.05, 0.1) is 12.8 Å². The standard InChI is InChI=1S/C17H17N5O3/c1-9-5-6-12(25-4)11(7-9)22-10(2)8-21-13-14(18-16(21)22)20(3)17(24)19-15(13)23/h5-8H,1-4H3,(H,19,23,24). The minimum atomic E-state index is -0.491. The van der Waals surface area contributed by atoms with Crippen LogP contribution in [0.4, 0.5) is 0 Å². The van der Waals surface area contributed by atoms with Gasteiger partial charge in [-0.1, -0.05) is 6.07 Å². The van der Waals surface area contributed by atoms with Crippen molar-refractivity contribution in [2.45, 2.75) is 13.8 Å². The summed E-state index contributed by atoms with van der Waals surface area (Å²) in [6, 6.07) is 5.86. The molecule has 25 heavy (non-hydrogen) atoms. The average Bonchev–Trinajstić information content (AvgIpc) is 3.07. The minimum absolute atomic E-state index is 0.337. The number of aromatic nitrogens is 5. The Kier molecular flexibility index (Phi) is 3.11. The Morgan fingerprint density at radius 1 is 1.20 bits per heavy atom. The van der Waals surface area contributed by atoms with Gasteiger partial charge in [-0.05, 0) is 31.5 Å². The van der Waals surface area contributed by atoms with E-state index in [1.54, 1.807) is 18.6 Å². The number of benzene rings is 1. The van der Waals surface area contributed by atoms with E-state index in [0.29, 0.717) is 22.7 Å². The molecule has 128 valence electrons. The van der Waals surface area contributed by atoms with Crippen molar-refractivity contribution in [2.24, 2.45) is 7.05 Å². The number of hydrogen-bond donors (Lipinski definition) is 1. The van der Waals surface area contributed by atoms with E-state index in [2.05, 4.69) is 9.97 Å². The molecule has 0 aliphatic carbocycles. The molecule has 0 saturated heterocycles. The molecule has 1 aromatic carbocycles. The van der Waals surface area contributed by atoms with Crippen LogP contribution in [0.3, 0.4) is 0 Å². The van der Waals surface area contributed by atoms with Gasteiger partial charge in [-0.15, -0.1) is 0 Å². The van der Waals surface area contributed by atoms with E-state index < -0.39 is 11.2 Å². The predicted octanol–water partition coefficient (Wildman–Crippen LogP) is 1.29. The molecule has 8 heteroatoms. The quantitative estimate of drug-likeness (QED) is 0.596. The van der Waals surface area contributed by atoms with Crippen molar-refractivity contribution in [2.75, 3.05) is 7.11 Å². The molecule has 0 amide bonds. The minimum Gasteiger partial charge on any atom is -0.495 e. The molecule has 0 unspecified atom stereocenters. The Labute approximate surface area is 141 Å². The highest BCUT2D eigenvalue weighted by Crippen LogP contribution is 2.28. The fourth-order valence-corrected chi connectivity index (χ4v) is 3.15. The zero-order valence-corrected chi connectivity index (χ0v) is 14.3. The maximum absolute atomic E-state index is 12.3. The van der Waals surface area contributed by atoms with E-state index >= 15 is 0 Å². The number of methoxy groups -OCH3 is 1. The molecule has 0 bridgehead atoms. The summed E-state index contributed by atoms with van der Waals surface area (Å²) >= 11 is 0. The van der Waals surface area contributed by atoms with E-state index in [9.17, 15) is 9.59 Å². The molecular formula is C17H17N5O3. The summed E-state index contributed by atoms with van der Waals surface area (Å²) in [4.78, 5) is 31.0. The lowest BCUT2D eigenvalue weighted by Gasteiger charge is -2.12. The van der Waals surface area contributed by atoms with Gasteiger partial charge in [-0.3, -0.25) is 23.3 Å².